The quantitative estimate of drug-likeness (QED) is 0.822. The fourth-order valence-electron chi connectivity index (χ4n) is 1.87. The smallest absolute Gasteiger partial charge is 0.312 e. The lowest BCUT2D eigenvalue weighted by Crippen LogP contribution is -2.29. The number of benzene rings is 1. The highest BCUT2D eigenvalue weighted by atomic mass is 19.1. The van der Waals surface area contributed by atoms with Crippen molar-refractivity contribution in [3.63, 3.8) is 0 Å². The van der Waals surface area contributed by atoms with Crippen molar-refractivity contribution in [2.75, 3.05) is 6.61 Å². The molecule has 4 heteroatoms. The lowest BCUT2D eigenvalue weighted by Gasteiger charge is -2.24. The van der Waals surface area contributed by atoms with Gasteiger partial charge in [-0.1, -0.05) is 26.0 Å². The van der Waals surface area contributed by atoms with Crippen molar-refractivity contribution >= 4 is 5.97 Å². The van der Waals surface area contributed by atoms with E-state index in [1.165, 1.54) is 24.3 Å². The van der Waals surface area contributed by atoms with Crippen molar-refractivity contribution in [2.24, 2.45) is 11.8 Å². The molecule has 0 amide bonds. The molecule has 2 unspecified atom stereocenters. The molecule has 1 aromatic rings. The van der Waals surface area contributed by atoms with Gasteiger partial charge in [0.05, 0.1) is 18.6 Å². The Morgan fingerprint density at radius 2 is 1.89 bits per heavy atom. The van der Waals surface area contributed by atoms with Crippen LogP contribution in [-0.2, 0) is 9.53 Å². The van der Waals surface area contributed by atoms with Gasteiger partial charge in [0.15, 0.2) is 0 Å². The van der Waals surface area contributed by atoms with E-state index in [-0.39, 0.29) is 18.3 Å². The van der Waals surface area contributed by atoms with Crippen LogP contribution in [0.15, 0.2) is 24.3 Å². The molecule has 1 aromatic carbocycles. The van der Waals surface area contributed by atoms with Gasteiger partial charge in [0, 0.05) is 0 Å². The van der Waals surface area contributed by atoms with E-state index in [1.54, 1.807) is 6.92 Å². The van der Waals surface area contributed by atoms with Crippen LogP contribution in [0.3, 0.4) is 0 Å². The predicted octanol–water partition coefficient (Wildman–Crippen LogP) is 2.69. The summed E-state index contributed by atoms with van der Waals surface area (Å²) in [6, 6.07) is 5.49. The number of hydrogen-bond donors (Lipinski definition) is 1. The Bertz CT molecular complexity index is 387. The highest BCUT2D eigenvalue weighted by Crippen LogP contribution is 2.29. The summed E-state index contributed by atoms with van der Waals surface area (Å²) in [6.45, 7) is 5.68. The molecular weight excluding hydrogens is 235 g/mol. The minimum absolute atomic E-state index is 0.0656. The molecule has 0 aliphatic carbocycles. The summed E-state index contributed by atoms with van der Waals surface area (Å²) in [5.74, 6) is -1.51. The minimum atomic E-state index is -0.982. The van der Waals surface area contributed by atoms with Crippen molar-refractivity contribution in [3.8, 4) is 0 Å². The Balaban J connectivity index is 2.92. The molecule has 1 rings (SSSR count). The molecule has 0 saturated carbocycles. The molecule has 18 heavy (non-hydrogen) atoms. The van der Waals surface area contributed by atoms with E-state index in [4.69, 9.17) is 4.74 Å². The van der Waals surface area contributed by atoms with Gasteiger partial charge in [-0.05, 0) is 30.5 Å². The third-order valence-electron chi connectivity index (χ3n) is 2.83. The normalized spacial score (nSPS) is 14.3. The highest BCUT2D eigenvalue weighted by Gasteiger charge is 2.32. The van der Waals surface area contributed by atoms with Crippen LogP contribution in [0.2, 0.25) is 0 Å². The molecule has 3 nitrogen and oxygen atoms in total. The number of rotatable bonds is 5. The molecule has 0 saturated heterocycles. The van der Waals surface area contributed by atoms with E-state index in [0.717, 1.165) is 0 Å². The fraction of sp³-hybridized carbons (Fsp3) is 0.500. The van der Waals surface area contributed by atoms with E-state index >= 15 is 0 Å². The van der Waals surface area contributed by atoms with Crippen LogP contribution in [-0.4, -0.2) is 17.7 Å². The summed E-state index contributed by atoms with van der Waals surface area (Å²) in [5.41, 5.74) is 0.517. The molecule has 2 atom stereocenters. The van der Waals surface area contributed by atoms with Gasteiger partial charge in [0.2, 0.25) is 0 Å². The maximum absolute atomic E-state index is 12.8. The summed E-state index contributed by atoms with van der Waals surface area (Å²) in [5, 5.41) is 10.2. The summed E-state index contributed by atoms with van der Waals surface area (Å²) in [4.78, 5) is 11.8. The topological polar surface area (TPSA) is 46.5 Å². The van der Waals surface area contributed by atoms with E-state index in [9.17, 15) is 14.3 Å². The number of carbonyl (C=O) groups is 1. The number of aliphatic hydroxyl groups is 1. The van der Waals surface area contributed by atoms with Crippen LogP contribution in [0.1, 0.15) is 32.4 Å². The number of halogens is 1. The molecule has 0 aromatic heterocycles. The van der Waals surface area contributed by atoms with Crippen molar-refractivity contribution < 1.29 is 19.0 Å². The lowest BCUT2D eigenvalue weighted by atomic mass is 9.86. The number of esters is 1. The molecule has 0 spiro atoms. The fourth-order valence-corrected chi connectivity index (χ4v) is 1.87. The average molecular weight is 254 g/mol. The minimum Gasteiger partial charge on any atom is -0.466 e. The molecule has 0 radical (unpaired) electrons. The Hall–Kier alpha value is -1.42. The van der Waals surface area contributed by atoms with Crippen LogP contribution in [0, 0.1) is 17.7 Å². The molecule has 0 fully saturated rings. The standard InChI is InChI=1S/C14H19FO3/c1-4-18-14(17)12(9(2)3)13(16)10-5-7-11(15)8-6-10/h5-9,12-13,16H,4H2,1-3H3. The molecule has 0 heterocycles. The number of carbonyl (C=O) groups excluding carboxylic acids is 1. The maximum Gasteiger partial charge on any atom is 0.312 e. The van der Waals surface area contributed by atoms with Crippen molar-refractivity contribution in [2.45, 2.75) is 26.9 Å². The zero-order valence-electron chi connectivity index (χ0n) is 10.9. The van der Waals surface area contributed by atoms with Crippen molar-refractivity contribution in [1.82, 2.24) is 0 Å². The van der Waals surface area contributed by atoms with Crippen LogP contribution >= 0.6 is 0 Å². The SMILES string of the molecule is CCOC(=O)C(C(C)C)C(O)c1ccc(F)cc1. The predicted molar refractivity (Wildman–Crippen MR) is 66.3 cm³/mol. The first-order valence-corrected chi connectivity index (χ1v) is 6.07. The summed E-state index contributed by atoms with van der Waals surface area (Å²) in [6.07, 6.45) is -0.982. The Labute approximate surface area is 107 Å². The van der Waals surface area contributed by atoms with Crippen LogP contribution < -0.4 is 0 Å². The van der Waals surface area contributed by atoms with Crippen LogP contribution in [0.5, 0.6) is 0 Å². The third-order valence-corrected chi connectivity index (χ3v) is 2.83. The molecule has 100 valence electrons. The number of ether oxygens (including phenoxy) is 1. The first kappa shape index (κ1) is 14.6. The second-order valence-electron chi connectivity index (χ2n) is 4.52. The van der Waals surface area contributed by atoms with Crippen molar-refractivity contribution in [3.05, 3.63) is 35.6 Å². The lowest BCUT2D eigenvalue weighted by molar-refractivity contribution is -0.154. The van der Waals surface area contributed by atoms with Gasteiger partial charge in [-0.3, -0.25) is 4.79 Å². The summed E-state index contributed by atoms with van der Waals surface area (Å²) in [7, 11) is 0. The molecule has 0 aliphatic rings. The van der Waals surface area contributed by atoms with E-state index < -0.39 is 18.0 Å². The zero-order chi connectivity index (χ0) is 13.7. The van der Waals surface area contributed by atoms with Gasteiger partial charge in [-0.2, -0.15) is 0 Å². The van der Waals surface area contributed by atoms with E-state index in [0.29, 0.717) is 5.56 Å². The maximum atomic E-state index is 12.8. The number of aliphatic hydroxyl groups excluding tert-OH is 1. The van der Waals surface area contributed by atoms with Gasteiger partial charge in [-0.15, -0.1) is 0 Å². The summed E-state index contributed by atoms with van der Waals surface area (Å²) >= 11 is 0. The molecule has 1 N–H and O–H groups in total. The van der Waals surface area contributed by atoms with E-state index in [2.05, 4.69) is 0 Å². The molecule has 0 aliphatic heterocycles. The van der Waals surface area contributed by atoms with Gasteiger partial charge in [0.1, 0.15) is 5.82 Å². The van der Waals surface area contributed by atoms with Gasteiger partial charge < -0.3 is 9.84 Å². The zero-order valence-corrected chi connectivity index (χ0v) is 10.9. The third kappa shape index (κ3) is 3.53. The van der Waals surface area contributed by atoms with Crippen molar-refractivity contribution in [1.29, 1.82) is 0 Å². The first-order chi connectivity index (χ1) is 8.47. The second-order valence-corrected chi connectivity index (χ2v) is 4.52. The summed E-state index contributed by atoms with van der Waals surface area (Å²) < 4.78 is 17.8. The average Bonchev–Trinajstić information content (AvgIpc) is 2.29. The van der Waals surface area contributed by atoms with Gasteiger partial charge in [0.25, 0.3) is 0 Å². The Kier molecular flexibility index (Phi) is 5.28. The highest BCUT2D eigenvalue weighted by molar-refractivity contribution is 5.73. The first-order valence-electron chi connectivity index (χ1n) is 6.07. The van der Waals surface area contributed by atoms with E-state index in [1.807, 2.05) is 13.8 Å². The Morgan fingerprint density at radius 3 is 2.33 bits per heavy atom. The molecule has 0 bridgehead atoms. The second kappa shape index (κ2) is 6.50. The van der Waals surface area contributed by atoms with Crippen LogP contribution in [0.4, 0.5) is 4.39 Å². The monoisotopic (exact) mass is 254 g/mol. The number of hydrogen-bond acceptors (Lipinski definition) is 3. The Morgan fingerprint density at radius 1 is 1.33 bits per heavy atom. The van der Waals surface area contributed by atoms with Gasteiger partial charge in [-0.25, -0.2) is 4.39 Å². The largest absolute Gasteiger partial charge is 0.466 e. The van der Waals surface area contributed by atoms with Crippen LogP contribution in [0.25, 0.3) is 0 Å². The molecular formula is C14H19FO3. The van der Waals surface area contributed by atoms with Gasteiger partial charge >= 0.3 is 5.97 Å².